The molecule has 11 heavy (non-hydrogen) atoms. The minimum atomic E-state index is -0.111. The van der Waals surface area contributed by atoms with E-state index in [4.69, 9.17) is 11.6 Å². The smallest absolute Gasteiger partial charge is 0.224 e. The van der Waals surface area contributed by atoms with Gasteiger partial charge in [0.25, 0.3) is 0 Å². The van der Waals surface area contributed by atoms with E-state index in [1.807, 2.05) is 0 Å². The van der Waals surface area contributed by atoms with Crippen molar-refractivity contribution in [3.63, 3.8) is 0 Å². The Labute approximate surface area is 72.1 Å². The van der Waals surface area contributed by atoms with Crippen LogP contribution in [0.3, 0.4) is 0 Å². The van der Waals surface area contributed by atoms with Crippen molar-refractivity contribution >= 4 is 16.8 Å². The first-order valence-corrected chi connectivity index (χ1v) is 4.84. The van der Waals surface area contributed by atoms with Crippen molar-refractivity contribution in [3.8, 4) is 0 Å². The molecule has 0 N–H and O–H groups in total. The highest BCUT2D eigenvalue weighted by molar-refractivity contribution is 6.64. The lowest BCUT2D eigenvalue weighted by Crippen LogP contribution is -2.36. The van der Waals surface area contributed by atoms with Gasteiger partial charge in [-0.1, -0.05) is 19.3 Å². The first-order chi connectivity index (χ1) is 5.27. The zero-order chi connectivity index (χ0) is 7.84. The molecular weight excluding hydrogens is 160 g/mol. The molecule has 1 nitrogen and oxygen atoms in total. The van der Waals surface area contributed by atoms with E-state index < -0.39 is 0 Å². The first-order valence-electron chi connectivity index (χ1n) is 4.46. The maximum absolute atomic E-state index is 10.7. The van der Waals surface area contributed by atoms with Gasteiger partial charge < -0.3 is 0 Å². The number of hydrogen-bond acceptors (Lipinski definition) is 1. The van der Waals surface area contributed by atoms with E-state index in [0.29, 0.717) is 0 Å². The Hall–Kier alpha value is -0.0400. The van der Waals surface area contributed by atoms with Crippen LogP contribution < -0.4 is 0 Å². The fourth-order valence-corrected chi connectivity index (χ4v) is 2.32. The van der Waals surface area contributed by atoms with Gasteiger partial charge in [-0.3, -0.25) is 4.79 Å². The van der Waals surface area contributed by atoms with Gasteiger partial charge in [-0.25, -0.2) is 0 Å². The lowest BCUT2D eigenvalue weighted by Gasteiger charge is -2.42. The highest BCUT2D eigenvalue weighted by Crippen LogP contribution is 2.47. The maximum Gasteiger partial charge on any atom is 0.224 e. The molecule has 0 unspecified atom stereocenters. The second kappa shape index (κ2) is 2.78. The van der Waals surface area contributed by atoms with Crippen LogP contribution in [0, 0.1) is 17.8 Å². The maximum atomic E-state index is 10.7. The molecule has 2 aliphatic rings. The average molecular weight is 173 g/mol. The Morgan fingerprint density at radius 1 is 1.18 bits per heavy atom. The zero-order valence-electron chi connectivity index (χ0n) is 6.55. The highest BCUT2D eigenvalue weighted by Gasteiger charge is 2.39. The van der Waals surface area contributed by atoms with Crippen LogP contribution >= 0.6 is 11.6 Å². The van der Waals surface area contributed by atoms with Crippen molar-refractivity contribution < 1.29 is 4.79 Å². The van der Waals surface area contributed by atoms with Gasteiger partial charge in [0.15, 0.2) is 0 Å². The van der Waals surface area contributed by atoms with Crippen LogP contribution in [0.25, 0.3) is 0 Å². The molecule has 0 heterocycles. The molecule has 0 atom stereocenters. The molecular formula is C9H13ClO. The van der Waals surface area contributed by atoms with Crippen molar-refractivity contribution in [1.82, 2.24) is 0 Å². The molecule has 0 amide bonds. The molecule has 0 aromatic rings. The average Bonchev–Trinajstić information content (AvgIpc) is 1.70. The Morgan fingerprint density at radius 3 is 2.18 bits per heavy atom. The molecule has 2 rings (SSSR count). The van der Waals surface area contributed by atoms with Crippen LogP contribution in [0.4, 0.5) is 0 Å². The van der Waals surface area contributed by atoms with Crippen LogP contribution in [0.15, 0.2) is 0 Å². The van der Waals surface area contributed by atoms with Crippen molar-refractivity contribution in [1.29, 1.82) is 0 Å². The summed E-state index contributed by atoms with van der Waals surface area (Å²) in [5.74, 6) is 2.00. The minimum Gasteiger partial charge on any atom is -0.281 e. The van der Waals surface area contributed by atoms with Gasteiger partial charge in [-0.2, -0.15) is 0 Å². The van der Waals surface area contributed by atoms with Gasteiger partial charge in [0.05, 0.1) is 0 Å². The van der Waals surface area contributed by atoms with Crippen molar-refractivity contribution in [2.45, 2.75) is 32.1 Å². The van der Waals surface area contributed by atoms with E-state index in [2.05, 4.69) is 0 Å². The molecule has 0 aromatic heterocycles. The molecule has 0 aliphatic heterocycles. The van der Waals surface area contributed by atoms with E-state index >= 15 is 0 Å². The van der Waals surface area contributed by atoms with Crippen LogP contribution in [-0.2, 0) is 4.79 Å². The van der Waals surface area contributed by atoms with Crippen molar-refractivity contribution in [2.24, 2.45) is 17.8 Å². The third kappa shape index (κ3) is 1.31. The molecule has 2 aliphatic carbocycles. The molecule has 0 bridgehead atoms. The highest BCUT2D eigenvalue weighted by atomic mass is 35.5. The molecule has 2 saturated carbocycles. The van der Waals surface area contributed by atoms with Gasteiger partial charge >= 0.3 is 0 Å². The second-order valence-corrected chi connectivity index (χ2v) is 4.30. The predicted octanol–water partition coefficient (Wildman–Crippen LogP) is 2.58. The number of carbonyl (C=O) groups excluding carboxylic acids is 1. The third-order valence-corrected chi connectivity index (χ3v) is 3.62. The zero-order valence-corrected chi connectivity index (χ0v) is 7.31. The van der Waals surface area contributed by atoms with Crippen LogP contribution in [0.1, 0.15) is 32.1 Å². The Balaban J connectivity index is 1.74. The van der Waals surface area contributed by atoms with Crippen LogP contribution in [0.5, 0.6) is 0 Å². The van der Waals surface area contributed by atoms with E-state index in [-0.39, 0.29) is 11.2 Å². The normalized spacial score (nSPS) is 37.5. The molecule has 0 radical (unpaired) electrons. The summed E-state index contributed by atoms with van der Waals surface area (Å²) in [5, 5.41) is -0.111. The molecule has 0 aromatic carbocycles. The summed E-state index contributed by atoms with van der Waals surface area (Å²) in [6.45, 7) is 0. The summed E-state index contributed by atoms with van der Waals surface area (Å²) in [6, 6.07) is 0. The Morgan fingerprint density at radius 2 is 1.82 bits per heavy atom. The standard InChI is InChI=1S/C9H13ClO/c10-9(11)8-4-7(5-8)6-2-1-3-6/h6-8H,1-5H2. The van der Waals surface area contributed by atoms with Gasteiger partial charge in [-0.05, 0) is 36.3 Å². The summed E-state index contributed by atoms with van der Waals surface area (Å²) >= 11 is 5.37. The van der Waals surface area contributed by atoms with E-state index in [0.717, 1.165) is 24.7 Å². The monoisotopic (exact) mass is 172 g/mol. The van der Waals surface area contributed by atoms with Gasteiger partial charge in [0, 0.05) is 5.92 Å². The number of rotatable bonds is 2. The SMILES string of the molecule is O=C(Cl)C1CC(C2CCC2)C1. The Kier molecular flexibility index (Phi) is 1.92. The Bertz CT molecular complexity index is 168. The van der Waals surface area contributed by atoms with Crippen LogP contribution in [0.2, 0.25) is 0 Å². The van der Waals surface area contributed by atoms with E-state index in [9.17, 15) is 4.79 Å². The first kappa shape index (κ1) is 7.60. The summed E-state index contributed by atoms with van der Waals surface area (Å²) in [4.78, 5) is 10.7. The van der Waals surface area contributed by atoms with Crippen LogP contribution in [-0.4, -0.2) is 5.24 Å². The molecule has 2 fully saturated rings. The van der Waals surface area contributed by atoms with Crippen molar-refractivity contribution in [3.05, 3.63) is 0 Å². The van der Waals surface area contributed by atoms with E-state index in [1.165, 1.54) is 19.3 Å². The summed E-state index contributed by atoms with van der Waals surface area (Å²) in [6.07, 6.45) is 6.35. The quantitative estimate of drug-likeness (QED) is 0.586. The van der Waals surface area contributed by atoms with Gasteiger partial charge in [-0.15, -0.1) is 0 Å². The fourth-order valence-electron chi connectivity index (χ4n) is 2.14. The number of hydrogen-bond donors (Lipinski definition) is 0. The largest absolute Gasteiger partial charge is 0.281 e. The van der Waals surface area contributed by atoms with Gasteiger partial charge in [0.1, 0.15) is 0 Å². The molecule has 0 saturated heterocycles. The van der Waals surface area contributed by atoms with E-state index in [1.54, 1.807) is 0 Å². The predicted molar refractivity (Wildman–Crippen MR) is 44.4 cm³/mol. The minimum absolute atomic E-state index is 0.111. The fraction of sp³-hybridized carbons (Fsp3) is 0.889. The summed E-state index contributed by atoms with van der Waals surface area (Å²) < 4.78 is 0. The summed E-state index contributed by atoms with van der Waals surface area (Å²) in [5.41, 5.74) is 0. The molecule has 2 heteroatoms. The van der Waals surface area contributed by atoms with Gasteiger partial charge in [0.2, 0.25) is 5.24 Å². The second-order valence-electron chi connectivity index (χ2n) is 3.92. The molecule has 62 valence electrons. The number of carbonyl (C=O) groups is 1. The summed E-state index contributed by atoms with van der Waals surface area (Å²) in [7, 11) is 0. The lowest BCUT2D eigenvalue weighted by molar-refractivity contribution is -0.120. The molecule has 0 spiro atoms. The lowest BCUT2D eigenvalue weighted by atomic mass is 9.63. The van der Waals surface area contributed by atoms with Crippen molar-refractivity contribution in [2.75, 3.05) is 0 Å². The topological polar surface area (TPSA) is 17.1 Å². The third-order valence-electron chi connectivity index (χ3n) is 3.31. The number of halogens is 1.